The molecule has 2 saturated carbocycles. The molecular weight excluding hydrogens is 464 g/mol. The van der Waals surface area contributed by atoms with Crippen molar-refractivity contribution in [1.29, 1.82) is 0 Å². The van der Waals surface area contributed by atoms with Crippen molar-refractivity contribution < 1.29 is 38.0 Å². The molecular formula is C28H36O8. The second kappa shape index (κ2) is 9.03. The van der Waals surface area contributed by atoms with Gasteiger partial charge in [0.1, 0.15) is 31.0 Å². The third kappa shape index (κ3) is 4.01. The van der Waals surface area contributed by atoms with E-state index in [0.717, 1.165) is 56.9 Å². The second-order valence-electron chi connectivity index (χ2n) is 11.3. The normalized spacial score (nSPS) is 38.7. The highest BCUT2D eigenvalue weighted by Gasteiger charge is 2.65. The Kier molecular flexibility index (Phi) is 5.91. The zero-order valence-corrected chi connectivity index (χ0v) is 20.8. The third-order valence-electron chi connectivity index (χ3n) is 8.85. The first kappa shape index (κ1) is 23.6. The Morgan fingerprint density at radius 3 is 2.44 bits per heavy atom. The Hall–Kier alpha value is -1.55. The van der Waals surface area contributed by atoms with E-state index in [9.17, 15) is 4.79 Å². The first-order valence-electron chi connectivity index (χ1n) is 13.8. The molecule has 0 aromatic heterocycles. The molecule has 4 aliphatic heterocycles. The number of hydrogen-bond acceptors (Lipinski definition) is 8. The highest BCUT2D eigenvalue weighted by atomic mass is 16.9. The quantitative estimate of drug-likeness (QED) is 0.576. The standard InChI is InChI=1S/C28H36O8/c29-25-21-10-4-3-9-19(21)15-20(33-25)16-30-24-23-22(34-27(35-23)13-7-2-8-14-27)17-31-28(24)18-32-26(36-28)11-5-1-6-12-26/h3-4,9-10,20,22-24H,1-2,5-8,11-18H2/t20-,22+,23+,24-,28-/m0/s1. The molecule has 0 radical (unpaired) electrons. The minimum Gasteiger partial charge on any atom is -0.456 e. The summed E-state index contributed by atoms with van der Waals surface area (Å²) >= 11 is 0. The smallest absolute Gasteiger partial charge is 0.338 e. The average molecular weight is 501 g/mol. The Morgan fingerprint density at radius 2 is 1.64 bits per heavy atom. The van der Waals surface area contributed by atoms with Crippen molar-refractivity contribution in [2.75, 3.05) is 19.8 Å². The molecule has 0 bridgehead atoms. The Bertz CT molecular complexity index is 972. The Balaban J connectivity index is 1.13. The number of carbonyl (C=O) groups excluding carboxylic acids is 1. The van der Waals surface area contributed by atoms with Crippen molar-refractivity contribution in [2.45, 2.75) is 112 Å². The first-order valence-corrected chi connectivity index (χ1v) is 13.8. The molecule has 196 valence electrons. The number of rotatable bonds is 3. The molecule has 0 amide bonds. The van der Waals surface area contributed by atoms with Crippen LogP contribution in [0.25, 0.3) is 0 Å². The summed E-state index contributed by atoms with van der Waals surface area (Å²) in [6.45, 7) is 0.911. The van der Waals surface area contributed by atoms with E-state index in [-0.39, 0.29) is 30.9 Å². The SMILES string of the molecule is O=C1O[C@H](CO[C@H]2[C@@H]3OC4(CCCCC4)O[C@@H]3CO[C@]23COC2(CCCCC2)O3)Cc2ccccc21. The van der Waals surface area contributed by atoms with Crippen LogP contribution in [0.2, 0.25) is 0 Å². The van der Waals surface area contributed by atoms with E-state index in [1.54, 1.807) is 0 Å². The molecule has 0 unspecified atom stereocenters. The van der Waals surface area contributed by atoms with Crippen LogP contribution in [0.1, 0.15) is 80.1 Å². The van der Waals surface area contributed by atoms with Crippen LogP contribution in [0.3, 0.4) is 0 Å². The molecule has 8 heteroatoms. The maximum Gasteiger partial charge on any atom is 0.338 e. The van der Waals surface area contributed by atoms with Crippen LogP contribution in [0.5, 0.6) is 0 Å². The minimum atomic E-state index is -1.06. The lowest BCUT2D eigenvalue weighted by Crippen LogP contribution is -2.63. The number of cyclic esters (lactones) is 1. The fourth-order valence-electron chi connectivity index (χ4n) is 7.04. The van der Waals surface area contributed by atoms with Gasteiger partial charge >= 0.3 is 5.97 Å². The summed E-state index contributed by atoms with van der Waals surface area (Å²) in [6.07, 6.45) is 9.36. The number of hydrogen-bond donors (Lipinski definition) is 0. The predicted octanol–water partition coefficient (Wildman–Crippen LogP) is 4.03. The summed E-state index contributed by atoms with van der Waals surface area (Å²) in [6, 6.07) is 7.59. The summed E-state index contributed by atoms with van der Waals surface area (Å²) in [4.78, 5) is 12.6. The van der Waals surface area contributed by atoms with E-state index >= 15 is 0 Å². The van der Waals surface area contributed by atoms with E-state index in [4.69, 9.17) is 33.2 Å². The number of benzene rings is 1. The average Bonchev–Trinajstić information content (AvgIpc) is 3.43. The fraction of sp³-hybridized carbons (Fsp3) is 0.750. The van der Waals surface area contributed by atoms with Crippen LogP contribution in [0, 0.1) is 0 Å². The van der Waals surface area contributed by atoms with E-state index in [2.05, 4.69) is 0 Å². The molecule has 1 aromatic carbocycles. The highest BCUT2D eigenvalue weighted by molar-refractivity contribution is 5.92. The largest absolute Gasteiger partial charge is 0.456 e. The number of esters is 1. The zero-order chi connectivity index (χ0) is 24.2. The zero-order valence-electron chi connectivity index (χ0n) is 20.8. The van der Waals surface area contributed by atoms with Gasteiger partial charge in [-0.15, -0.1) is 0 Å². The minimum absolute atomic E-state index is 0.222. The highest BCUT2D eigenvalue weighted by Crippen LogP contribution is 2.51. The predicted molar refractivity (Wildman–Crippen MR) is 126 cm³/mol. The molecule has 2 aliphatic carbocycles. The van der Waals surface area contributed by atoms with Crippen molar-refractivity contribution in [1.82, 2.24) is 0 Å². The first-order chi connectivity index (χ1) is 17.6. The number of carbonyl (C=O) groups is 1. The summed E-state index contributed by atoms with van der Waals surface area (Å²) < 4.78 is 45.1. The molecule has 36 heavy (non-hydrogen) atoms. The van der Waals surface area contributed by atoms with E-state index in [0.29, 0.717) is 25.2 Å². The van der Waals surface area contributed by atoms with Gasteiger partial charge in [0.15, 0.2) is 11.6 Å². The van der Waals surface area contributed by atoms with Crippen molar-refractivity contribution in [3.63, 3.8) is 0 Å². The molecule has 8 nitrogen and oxygen atoms in total. The fourth-order valence-corrected chi connectivity index (χ4v) is 7.04. The summed E-state index contributed by atoms with van der Waals surface area (Å²) in [5.41, 5.74) is 1.61. The van der Waals surface area contributed by atoms with Crippen LogP contribution >= 0.6 is 0 Å². The van der Waals surface area contributed by atoms with Gasteiger partial charge in [0.25, 0.3) is 0 Å². The molecule has 1 aromatic rings. The second-order valence-corrected chi connectivity index (χ2v) is 11.3. The molecule has 5 atom stereocenters. The van der Waals surface area contributed by atoms with E-state index in [1.165, 1.54) is 12.8 Å². The van der Waals surface area contributed by atoms with Gasteiger partial charge in [-0.3, -0.25) is 0 Å². The molecule has 4 heterocycles. The lowest BCUT2D eigenvalue weighted by atomic mass is 9.93. The van der Waals surface area contributed by atoms with E-state index < -0.39 is 23.5 Å². The van der Waals surface area contributed by atoms with Crippen molar-refractivity contribution in [3.05, 3.63) is 35.4 Å². The molecule has 3 saturated heterocycles. The summed E-state index contributed by atoms with van der Waals surface area (Å²) in [5.74, 6) is -2.55. The van der Waals surface area contributed by atoms with Crippen molar-refractivity contribution >= 4 is 5.97 Å². The van der Waals surface area contributed by atoms with Crippen LogP contribution in [0.15, 0.2) is 24.3 Å². The van der Waals surface area contributed by atoms with Crippen LogP contribution < -0.4 is 0 Å². The third-order valence-corrected chi connectivity index (χ3v) is 8.85. The molecule has 7 rings (SSSR count). The van der Waals surface area contributed by atoms with Gasteiger partial charge in [-0.2, -0.15) is 0 Å². The molecule has 0 N–H and O–H groups in total. The lowest BCUT2D eigenvalue weighted by molar-refractivity contribution is -0.344. The maximum atomic E-state index is 12.6. The van der Waals surface area contributed by atoms with Crippen LogP contribution in [0.4, 0.5) is 0 Å². The maximum absolute atomic E-state index is 12.6. The van der Waals surface area contributed by atoms with Gasteiger partial charge in [-0.1, -0.05) is 31.0 Å². The molecule has 5 fully saturated rings. The van der Waals surface area contributed by atoms with Crippen LogP contribution in [-0.2, 0) is 39.6 Å². The van der Waals surface area contributed by atoms with Gasteiger partial charge < -0.3 is 33.2 Å². The summed E-state index contributed by atoms with van der Waals surface area (Å²) in [7, 11) is 0. The molecule has 3 spiro atoms. The van der Waals surface area contributed by atoms with Gasteiger partial charge in [0.05, 0.1) is 18.8 Å². The number of ether oxygens (including phenoxy) is 7. The van der Waals surface area contributed by atoms with Crippen molar-refractivity contribution in [2.24, 2.45) is 0 Å². The Morgan fingerprint density at radius 1 is 0.889 bits per heavy atom. The monoisotopic (exact) mass is 500 g/mol. The van der Waals surface area contributed by atoms with Gasteiger partial charge in [-0.25, -0.2) is 4.79 Å². The number of fused-ring (bicyclic) bond motifs is 2. The van der Waals surface area contributed by atoms with Gasteiger partial charge in [0.2, 0.25) is 5.79 Å². The van der Waals surface area contributed by atoms with E-state index in [1.807, 2.05) is 24.3 Å². The van der Waals surface area contributed by atoms with Gasteiger partial charge in [0, 0.05) is 32.1 Å². The van der Waals surface area contributed by atoms with Crippen molar-refractivity contribution in [3.8, 4) is 0 Å². The molecule has 6 aliphatic rings. The lowest BCUT2D eigenvalue weighted by Gasteiger charge is -2.45. The summed E-state index contributed by atoms with van der Waals surface area (Å²) in [5, 5.41) is 0. The topological polar surface area (TPSA) is 81.7 Å². The van der Waals surface area contributed by atoms with Gasteiger partial charge in [-0.05, 0) is 37.3 Å². The Labute approximate surface area is 211 Å². The van der Waals surface area contributed by atoms with Crippen LogP contribution in [-0.4, -0.2) is 67.6 Å².